The molecular formula is C19H22N2O5S. The van der Waals surface area contributed by atoms with E-state index in [4.69, 9.17) is 9.84 Å². The summed E-state index contributed by atoms with van der Waals surface area (Å²) in [6.07, 6.45) is -0.210. The van der Waals surface area contributed by atoms with E-state index in [2.05, 4.69) is 9.93 Å². The Morgan fingerprint density at radius 3 is 2.52 bits per heavy atom. The number of nitrogens with one attached hydrogen (secondary N) is 1. The highest BCUT2D eigenvalue weighted by Gasteiger charge is 2.17. The lowest BCUT2D eigenvalue weighted by Crippen LogP contribution is -2.21. The van der Waals surface area contributed by atoms with Gasteiger partial charge in [-0.1, -0.05) is 12.1 Å². The van der Waals surface area contributed by atoms with Crippen molar-refractivity contribution in [2.24, 2.45) is 5.10 Å². The van der Waals surface area contributed by atoms with Crippen LogP contribution in [0.1, 0.15) is 29.2 Å². The summed E-state index contributed by atoms with van der Waals surface area (Å²) < 4.78 is 30.2. The summed E-state index contributed by atoms with van der Waals surface area (Å²) in [5.41, 5.74) is 2.92. The number of carboxylic acid groups (broad SMARTS) is 1. The summed E-state index contributed by atoms with van der Waals surface area (Å²) in [7, 11) is -2.36. The van der Waals surface area contributed by atoms with Crippen molar-refractivity contribution in [2.45, 2.75) is 32.1 Å². The lowest BCUT2D eigenvalue weighted by Gasteiger charge is -2.11. The molecule has 0 amide bonds. The second-order valence-electron chi connectivity index (χ2n) is 6.16. The molecule has 0 heterocycles. The first-order valence-corrected chi connectivity index (χ1v) is 9.65. The molecule has 0 atom stereocenters. The molecule has 0 bridgehead atoms. The fourth-order valence-corrected chi connectivity index (χ4v) is 3.73. The Balaban J connectivity index is 2.32. The summed E-state index contributed by atoms with van der Waals surface area (Å²) in [6.45, 7) is 5.17. The minimum absolute atomic E-state index is 0.167. The van der Waals surface area contributed by atoms with Gasteiger partial charge in [0.1, 0.15) is 5.75 Å². The van der Waals surface area contributed by atoms with Gasteiger partial charge in [-0.25, -0.2) is 0 Å². The van der Waals surface area contributed by atoms with Crippen LogP contribution in [-0.2, 0) is 21.2 Å². The van der Waals surface area contributed by atoms with Gasteiger partial charge in [-0.3, -0.25) is 4.79 Å². The normalized spacial score (nSPS) is 11.9. The standard InChI is InChI=1S/C19H22N2O5S/c1-12-5-6-13(2)18(9-12)27(24,25)21-20-14(3)15-7-8-17(26-4)16(10-15)11-19(22)23/h5-10,21H,11H2,1-4H3,(H,22,23)/b20-14-. The third kappa shape index (κ3) is 5.07. The van der Waals surface area contributed by atoms with E-state index in [0.29, 0.717) is 28.2 Å². The zero-order chi connectivity index (χ0) is 20.2. The van der Waals surface area contributed by atoms with Crippen molar-refractivity contribution in [3.05, 3.63) is 58.7 Å². The number of aliphatic carboxylic acids is 1. The van der Waals surface area contributed by atoms with E-state index >= 15 is 0 Å². The van der Waals surface area contributed by atoms with Gasteiger partial charge in [0.25, 0.3) is 10.0 Å². The van der Waals surface area contributed by atoms with Crippen LogP contribution in [0.15, 0.2) is 46.4 Å². The number of rotatable bonds is 7. The summed E-state index contributed by atoms with van der Waals surface area (Å²) in [5.74, 6) is -0.541. The quantitative estimate of drug-likeness (QED) is 0.559. The predicted molar refractivity (Wildman–Crippen MR) is 103 cm³/mol. The molecule has 27 heavy (non-hydrogen) atoms. The van der Waals surface area contributed by atoms with E-state index in [1.54, 1.807) is 44.2 Å². The highest BCUT2D eigenvalue weighted by molar-refractivity contribution is 7.89. The summed E-state index contributed by atoms with van der Waals surface area (Å²) >= 11 is 0. The van der Waals surface area contributed by atoms with Crippen molar-refractivity contribution in [1.82, 2.24) is 4.83 Å². The molecule has 2 aromatic carbocycles. The number of ether oxygens (including phenoxy) is 1. The number of sulfonamides is 1. The van der Waals surface area contributed by atoms with E-state index < -0.39 is 16.0 Å². The lowest BCUT2D eigenvalue weighted by molar-refractivity contribution is -0.136. The number of carbonyl (C=O) groups is 1. The largest absolute Gasteiger partial charge is 0.496 e. The monoisotopic (exact) mass is 390 g/mol. The summed E-state index contributed by atoms with van der Waals surface area (Å²) in [4.78, 5) is 13.4. The number of hydrogen-bond acceptors (Lipinski definition) is 5. The molecule has 0 unspecified atom stereocenters. The van der Waals surface area contributed by atoms with Gasteiger partial charge in [0, 0.05) is 5.56 Å². The second-order valence-corrected chi connectivity index (χ2v) is 7.79. The van der Waals surface area contributed by atoms with E-state index in [9.17, 15) is 13.2 Å². The number of hydrogen-bond donors (Lipinski definition) is 2. The molecule has 0 saturated carbocycles. The van der Waals surface area contributed by atoms with Crippen molar-refractivity contribution >= 4 is 21.7 Å². The minimum atomic E-state index is -3.81. The molecule has 8 heteroatoms. The molecule has 2 aromatic rings. The third-order valence-electron chi connectivity index (χ3n) is 4.01. The van der Waals surface area contributed by atoms with Crippen LogP contribution in [0.25, 0.3) is 0 Å². The number of benzene rings is 2. The molecule has 0 aromatic heterocycles. The zero-order valence-corrected chi connectivity index (χ0v) is 16.4. The van der Waals surface area contributed by atoms with Crippen LogP contribution in [0, 0.1) is 13.8 Å². The molecule has 0 saturated heterocycles. The number of nitrogens with zero attached hydrogens (tertiary/aromatic N) is 1. The molecule has 0 spiro atoms. The SMILES string of the molecule is COc1ccc(/C(C)=N\NS(=O)(=O)c2cc(C)ccc2C)cc1CC(=O)O. The van der Waals surface area contributed by atoms with E-state index in [-0.39, 0.29) is 11.3 Å². The maximum atomic E-state index is 12.5. The molecule has 0 aliphatic carbocycles. The first-order valence-electron chi connectivity index (χ1n) is 8.16. The molecule has 0 fully saturated rings. The van der Waals surface area contributed by atoms with Crippen LogP contribution in [0.5, 0.6) is 5.75 Å². The average Bonchev–Trinajstić information content (AvgIpc) is 2.61. The molecule has 2 rings (SSSR count). The topological polar surface area (TPSA) is 105 Å². The van der Waals surface area contributed by atoms with E-state index in [1.807, 2.05) is 13.0 Å². The minimum Gasteiger partial charge on any atom is -0.496 e. The predicted octanol–water partition coefficient (Wildman–Crippen LogP) is 2.64. The van der Waals surface area contributed by atoms with Gasteiger partial charge in [0.05, 0.1) is 24.1 Å². The maximum Gasteiger partial charge on any atom is 0.307 e. The number of carboxylic acids is 1. The maximum absolute atomic E-state index is 12.5. The molecular weight excluding hydrogens is 368 g/mol. The summed E-state index contributed by atoms with van der Waals surface area (Å²) in [6, 6.07) is 10.1. The van der Waals surface area contributed by atoms with Gasteiger partial charge in [-0.2, -0.15) is 18.4 Å². The Labute approximate surface area is 158 Å². The molecule has 144 valence electrons. The van der Waals surface area contributed by atoms with E-state index in [0.717, 1.165) is 5.56 Å². The molecule has 0 radical (unpaired) electrons. The van der Waals surface area contributed by atoms with Crippen molar-refractivity contribution in [2.75, 3.05) is 7.11 Å². The Morgan fingerprint density at radius 1 is 1.19 bits per heavy atom. The van der Waals surface area contributed by atoms with Crippen LogP contribution in [-0.4, -0.2) is 32.3 Å². The Hall–Kier alpha value is -2.87. The van der Waals surface area contributed by atoms with Crippen molar-refractivity contribution in [3.8, 4) is 5.75 Å². The zero-order valence-electron chi connectivity index (χ0n) is 15.6. The average molecular weight is 390 g/mol. The van der Waals surface area contributed by atoms with Gasteiger partial charge < -0.3 is 9.84 Å². The van der Waals surface area contributed by atoms with Crippen LogP contribution in [0.3, 0.4) is 0 Å². The van der Waals surface area contributed by atoms with Gasteiger partial charge in [0.2, 0.25) is 0 Å². The Bertz CT molecular complexity index is 997. The van der Waals surface area contributed by atoms with Gasteiger partial charge in [-0.15, -0.1) is 0 Å². The first kappa shape index (κ1) is 20.4. The van der Waals surface area contributed by atoms with E-state index in [1.165, 1.54) is 7.11 Å². The second kappa shape index (κ2) is 8.22. The molecule has 0 aliphatic rings. The number of methoxy groups -OCH3 is 1. The van der Waals surface area contributed by atoms with Crippen molar-refractivity contribution in [1.29, 1.82) is 0 Å². The Kier molecular flexibility index (Phi) is 6.22. The first-order chi connectivity index (χ1) is 12.6. The van der Waals surface area contributed by atoms with Crippen LogP contribution in [0.4, 0.5) is 0 Å². The Morgan fingerprint density at radius 2 is 1.89 bits per heavy atom. The van der Waals surface area contributed by atoms with Crippen molar-refractivity contribution in [3.63, 3.8) is 0 Å². The van der Waals surface area contributed by atoms with Crippen LogP contribution in [0.2, 0.25) is 0 Å². The smallest absolute Gasteiger partial charge is 0.307 e. The fraction of sp³-hybridized carbons (Fsp3) is 0.263. The van der Waals surface area contributed by atoms with Crippen LogP contribution < -0.4 is 9.57 Å². The van der Waals surface area contributed by atoms with Crippen LogP contribution >= 0.6 is 0 Å². The number of hydrazone groups is 1. The molecule has 2 N–H and O–H groups in total. The van der Waals surface area contributed by atoms with Crippen molar-refractivity contribution < 1.29 is 23.1 Å². The summed E-state index contributed by atoms with van der Waals surface area (Å²) in [5, 5.41) is 13.0. The molecule has 7 nitrogen and oxygen atoms in total. The van der Waals surface area contributed by atoms with Gasteiger partial charge in [-0.05, 0) is 61.7 Å². The third-order valence-corrected chi connectivity index (χ3v) is 5.36. The lowest BCUT2D eigenvalue weighted by atomic mass is 10.0. The fourth-order valence-electron chi connectivity index (χ4n) is 2.54. The number of aryl methyl sites for hydroxylation is 2. The van der Waals surface area contributed by atoms with Gasteiger partial charge in [0.15, 0.2) is 0 Å². The molecule has 0 aliphatic heterocycles. The highest BCUT2D eigenvalue weighted by Crippen LogP contribution is 2.21. The highest BCUT2D eigenvalue weighted by atomic mass is 32.2. The van der Waals surface area contributed by atoms with Gasteiger partial charge >= 0.3 is 5.97 Å².